The van der Waals surface area contributed by atoms with Crippen LogP contribution in [0.1, 0.15) is 64.2 Å². The molecule has 0 radical (unpaired) electrons. The number of amides is 2. The van der Waals surface area contributed by atoms with Gasteiger partial charge in [-0.05, 0) is 43.9 Å². The van der Waals surface area contributed by atoms with E-state index in [-0.39, 0.29) is 23.7 Å². The minimum atomic E-state index is 0.0835. The number of hydrogen-bond donors (Lipinski definition) is 1. The highest BCUT2D eigenvalue weighted by Crippen LogP contribution is 2.32. The maximum absolute atomic E-state index is 12.7. The zero-order chi connectivity index (χ0) is 18.5. The number of halogens is 1. The van der Waals surface area contributed by atoms with Crippen molar-refractivity contribution >= 4 is 34.8 Å². The second-order valence-electron chi connectivity index (χ2n) is 7.72. The van der Waals surface area contributed by atoms with Gasteiger partial charge in [0.25, 0.3) is 0 Å². The molecule has 0 unspecified atom stereocenters. The highest BCUT2D eigenvalue weighted by Gasteiger charge is 2.26. The van der Waals surface area contributed by atoms with Crippen LogP contribution < -0.4 is 10.2 Å². The first-order valence-corrected chi connectivity index (χ1v) is 10.3. The van der Waals surface area contributed by atoms with Gasteiger partial charge < -0.3 is 10.2 Å². The first kappa shape index (κ1) is 19.2. The van der Waals surface area contributed by atoms with E-state index in [1.54, 1.807) is 18.0 Å². The quantitative estimate of drug-likeness (QED) is 0.764. The molecule has 5 heteroatoms. The highest BCUT2D eigenvalue weighted by molar-refractivity contribution is 6.34. The summed E-state index contributed by atoms with van der Waals surface area (Å²) in [5.74, 6) is 0.444. The Hall–Kier alpha value is -1.55. The van der Waals surface area contributed by atoms with Gasteiger partial charge >= 0.3 is 0 Å². The standard InChI is InChI=1S/C21H29ClN2O2/c1-24(21(26)16-10-6-3-7-11-16)19-13-12-17(14-18(19)22)23-20(25)15-8-4-2-5-9-15/h12-16H,2-11H2,1H3,(H,23,25). The number of hydrogen-bond acceptors (Lipinski definition) is 2. The molecule has 0 bridgehead atoms. The summed E-state index contributed by atoms with van der Waals surface area (Å²) in [6, 6.07) is 5.42. The molecule has 142 valence electrons. The van der Waals surface area contributed by atoms with Gasteiger partial charge in [0.15, 0.2) is 0 Å². The third kappa shape index (κ3) is 4.59. The molecule has 2 saturated carbocycles. The van der Waals surface area contributed by atoms with Gasteiger partial charge in [0.1, 0.15) is 0 Å². The predicted octanol–water partition coefficient (Wildman–Crippen LogP) is 5.40. The van der Waals surface area contributed by atoms with Crippen LogP contribution in [-0.2, 0) is 9.59 Å². The van der Waals surface area contributed by atoms with Gasteiger partial charge in [-0.2, -0.15) is 0 Å². The Kier molecular flexibility index (Phi) is 6.58. The summed E-state index contributed by atoms with van der Waals surface area (Å²) in [6.07, 6.45) is 10.8. The Morgan fingerprint density at radius 2 is 1.54 bits per heavy atom. The van der Waals surface area contributed by atoms with Crippen LogP contribution in [0.25, 0.3) is 0 Å². The average molecular weight is 377 g/mol. The number of rotatable bonds is 4. The van der Waals surface area contributed by atoms with Crippen molar-refractivity contribution in [2.45, 2.75) is 64.2 Å². The van der Waals surface area contributed by atoms with Gasteiger partial charge in [-0.3, -0.25) is 9.59 Å². The van der Waals surface area contributed by atoms with Crippen molar-refractivity contribution in [2.75, 3.05) is 17.3 Å². The first-order chi connectivity index (χ1) is 12.6. The smallest absolute Gasteiger partial charge is 0.229 e. The van der Waals surface area contributed by atoms with Gasteiger partial charge in [-0.1, -0.05) is 50.1 Å². The molecule has 0 atom stereocenters. The topological polar surface area (TPSA) is 49.4 Å². The second kappa shape index (κ2) is 8.90. The molecule has 0 spiro atoms. The summed E-state index contributed by atoms with van der Waals surface area (Å²) < 4.78 is 0. The normalized spacial score (nSPS) is 19.2. The lowest BCUT2D eigenvalue weighted by molar-refractivity contribution is -0.123. The van der Waals surface area contributed by atoms with E-state index < -0.39 is 0 Å². The van der Waals surface area contributed by atoms with E-state index in [1.807, 2.05) is 12.1 Å². The van der Waals surface area contributed by atoms with E-state index >= 15 is 0 Å². The number of nitrogens with one attached hydrogen (secondary N) is 1. The summed E-state index contributed by atoms with van der Waals surface area (Å²) in [5, 5.41) is 3.48. The van der Waals surface area contributed by atoms with Crippen LogP contribution in [0.5, 0.6) is 0 Å². The lowest BCUT2D eigenvalue weighted by atomic mass is 9.88. The number of carbonyl (C=O) groups excluding carboxylic acids is 2. The summed E-state index contributed by atoms with van der Waals surface area (Å²) in [5.41, 5.74) is 1.41. The van der Waals surface area contributed by atoms with E-state index in [0.717, 1.165) is 51.4 Å². The molecule has 1 N–H and O–H groups in total. The van der Waals surface area contributed by atoms with Crippen molar-refractivity contribution < 1.29 is 9.59 Å². The zero-order valence-electron chi connectivity index (χ0n) is 15.6. The minimum absolute atomic E-state index is 0.0835. The third-order valence-electron chi connectivity index (χ3n) is 5.84. The molecule has 2 aliphatic carbocycles. The maximum atomic E-state index is 12.7. The summed E-state index contributed by atoms with van der Waals surface area (Å²) in [7, 11) is 1.79. The minimum Gasteiger partial charge on any atom is -0.326 e. The largest absolute Gasteiger partial charge is 0.326 e. The lowest BCUT2D eigenvalue weighted by Crippen LogP contribution is -2.34. The van der Waals surface area contributed by atoms with Gasteiger partial charge in [-0.15, -0.1) is 0 Å². The van der Waals surface area contributed by atoms with E-state index in [2.05, 4.69) is 5.32 Å². The average Bonchev–Trinajstić information content (AvgIpc) is 2.68. The fraction of sp³-hybridized carbons (Fsp3) is 0.619. The Morgan fingerprint density at radius 1 is 0.962 bits per heavy atom. The number of nitrogens with zero attached hydrogens (tertiary/aromatic N) is 1. The van der Waals surface area contributed by atoms with Gasteiger partial charge in [0.05, 0.1) is 10.7 Å². The van der Waals surface area contributed by atoms with E-state index in [0.29, 0.717) is 16.4 Å². The zero-order valence-corrected chi connectivity index (χ0v) is 16.4. The van der Waals surface area contributed by atoms with Crippen molar-refractivity contribution in [3.63, 3.8) is 0 Å². The summed E-state index contributed by atoms with van der Waals surface area (Å²) in [6.45, 7) is 0. The number of anilines is 2. The van der Waals surface area contributed by atoms with Gasteiger partial charge in [0.2, 0.25) is 11.8 Å². The Balaban J connectivity index is 1.64. The monoisotopic (exact) mass is 376 g/mol. The molecule has 0 heterocycles. The van der Waals surface area contributed by atoms with Gasteiger partial charge in [-0.25, -0.2) is 0 Å². The fourth-order valence-corrected chi connectivity index (χ4v) is 4.52. The molecule has 0 saturated heterocycles. The molecule has 2 fully saturated rings. The molecule has 1 aromatic rings. The number of benzene rings is 1. The van der Waals surface area contributed by atoms with Crippen LogP contribution in [0, 0.1) is 11.8 Å². The molecule has 0 aromatic heterocycles. The Bertz CT molecular complexity index is 649. The fourth-order valence-electron chi connectivity index (χ4n) is 4.21. The van der Waals surface area contributed by atoms with Crippen molar-refractivity contribution in [3.05, 3.63) is 23.2 Å². The van der Waals surface area contributed by atoms with E-state index in [9.17, 15) is 9.59 Å². The Labute approximate surface area is 161 Å². The van der Waals surface area contributed by atoms with Crippen LogP contribution in [0.15, 0.2) is 18.2 Å². The molecule has 1 aromatic carbocycles. The SMILES string of the molecule is CN(C(=O)C1CCCCC1)c1ccc(NC(=O)C2CCCCC2)cc1Cl. The van der Waals surface area contributed by atoms with Crippen LogP contribution in [0.2, 0.25) is 5.02 Å². The van der Waals surface area contributed by atoms with Gasteiger partial charge in [0, 0.05) is 24.6 Å². The molecule has 4 nitrogen and oxygen atoms in total. The summed E-state index contributed by atoms with van der Waals surface area (Å²) in [4.78, 5) is 26.8. The highest BCUT2D eigenvalue weighted by atomic mass is 35.5. The molecular weight excluding hydrogens is 348 g/mol. The van der Waals surface area contributed by atoms with Crippen LogP contribution in [0.3, 0.4) is 0 Å². The second-order valence-corrected chi connectivity index (χ2v) is 8.13. The lowest BCUT2D eigenvalue weighted by Gasteiger charge is -2.27. The predicted molar refractivity (Wildman–Crippen MR) is 107 cm³/mol. The van der Waals surface area contributed by atoms with E-state index in [1.165, 1.54) is 12.8 Å². The van der Waals surface area contributed by atoms with Crippen molar-refractivity contribution in [3.8, 4) is 0 Å². The molecule has 0 aliphatic heterocycles. The molecule has 2 amide bonds. The maximum Gasteiger partial charge on any atom is 0.229 e. The number of carbonyl (C=O) groups is 2. The van der Waals surface area contributed by atoms with Crippen LogP contribution in [-0.4, -0.2) is 18.9 Å². The third-order valence-corrected chi connectivity index (χ3v) is 6.14. The first-order valence-electron chi connectivity index (χ1n) is 9.94. The van der Waals surface area contributed by atoms with Crippen molar-refractivity contribution in [1.29, 1.82) is 0 Å². The molecule has 26 heavy (non-hydrogen) atoms. The molecule has 2 aliphatic rings. The summed E-state index contributed by atoms with van der Waals surface area (Å²) >= 11 is 6.43. The molecule has 3 rings (SSSR count). The van der Waals surface area contributed by atoms with Crippen LogP contribution >= 0.6 is 11.6 Å². The molecular formula is C21H29ClN2O2. The van der Waals surface area contributed by atoms with Crippen molar-refractivity contribution in [2.24, 2.45) is 11.8 Å². The van der Waals surface area contributed by atoms with Crippen LogP contribution in [0.4, 0.5) is 11.4 Å². The van der Waals surface area contributed by atoms with E-state index in [4.69, 9.17) is 11.6 Å². The Morgan fingerprint density at radius 3 is 2.12 bits per heavy atom. The van der Waals surface area contributed by atoms with Crippen molar-refractivity contribution in [1.82, 2.24) is 0 Å².